The maximum absolute atomic E-state index is 5.99. The number of halogens is 1. The van der Waals surface area contributed by atoms with E-state index >= 15 is 0 Å². The first-order valence-corrected chi connectivity index (χ1v) is 6.37. The van der Waals surface area contributed by atoms with E-state index in [0.717, 1.165) is 11.1 Å². The van der Waals surface area contributed by atoms with Gasteiger partial charge in [0.15, 0.2) is 0 Å². The molecule has 0 saturated heterocycles. The van der Waals surface area contributed by atoms with Crippen LogP contribution in [0.1, 0.15) is 37.7 Å². The van der Waals surface area contributed by atoms with Crippen molar-refractivity contribution < 1.29 is 0 Å². The zero-order valence-electron chi connectivity index (χ0n) is 9.17. The number of nitrogens with zero attached hydrogens (tertiary/aromatic N) is 2. The van der Waals surface area contributed by atoms with E-state index in [2.05, 4.69) is 21.0 Å². The lowest BCUT2D eigenvalue weighted by Gasteiger charge is -2.35. The first kappa shape index (κ1) is 11.1. The van der Waals surface area contributed by atoms with Crippen LogP contribution in [0.15, 0.2) is 10.8 Å². The number of nitrogens with two attached hydrogens (primary N) is 1. The molecule has 3 nitrogen and oxygen atoms in total. The van der Waals surface area contributed by atoms with Crippen LogP contribution in [0.4, 0.5) is 0 Å². The smallest absolute Gasteiger partial charge is 0.107 e. The lowest BCUT2D eigenvalue weighted by Crippen LogP contribution is -2.37. The van der Waals surface area contributed by atoms with Crippen LogP contribution in [0.25, 0.3) is 0 Å². The third-order valence-electron chi connectivity index (χ3n) is 3.64. The summed E-state index contributed by atoms with van der Waals surface area (Å²) in [5, 5.41) is 4.30. The van der Waals surface area contributed by atoms with Crippen molar-refractivity contribution >= 4 is 15.9 Å². The Morgan fingerprint density at radius 2 is 2.13 bits per heavy atom. The van der Waals surface area contributed by atoms with Crippen molar-refractivity contribution in [3.63, 3.8) is 0 Å². The second-order valence-corrected chi connectivity index (χ2v) is 5.27. The van der Waals surface area contributed by atoms with E-state index in [1.165, 1.54) is 37.7 Å². The van der Waals surface area contributed by atoms with E-state index < -0.39 is 0 Å². The molecular weight excluding hydrogens is 254 g/mol. The average molecular weight is 272 g/mol. The van der Waals surface area contributed by atoms with Gasteiger partial charge in [-0.15, -0.1) is 0 Å². The van der Waals surface area contributed by atoms with Crippen LogP contribution in [0, 0.1) is 0 Å². The Balaban J connectivity index is 2.36. The zero-order chi connectivity index (χ0) is 10.9. The van der Waals surface area contributed by atoms with Crippen molar-refractivity contribution in [1.29, 1.82) is 0 Å². The van der Waals surface area contributed by atoms with Crippen LogP contribution < -0.4 is 5.73 Å². The summed E-state index contributed by atoms with van der Waals surface area (Å²) in [7, 11) is 1.96. The number of aryl methyl sites for hydroxylation is 1. The predicted molar refractivity (Wildman–Crippen MR) is 64.7 cm³/mol. The Bertz CT molecular complexity index is 340. The Hall–Kier alpha value is -0.350. The van der Waals surface area contributed by atoms with Gasteiger partial charge < -0.3 is 5.73 Å². The van der Waals surface area contributed by atoms with Crippen LogP contribution in [-0.2, 0) is 12.5 Å². The second-order valence-electron chi connectivity index (χ2n) is 4.52. The van der Waals surface area contributed by atoms with Gasteiger partial charge in [0.2, 0.25) is 0 Å². The Morgan fingerprint density at radius 3 is 2.60 bits per heavy atom. The number of aromatic nitrogens is 2. The molecule has 1 aliphatic carbocycles. The molecule has 1 saturated carbocycles. The lowest BCUT2D eigenvalue weighted by atomic mass is 9.70. The molecule has 0 unspecified atom stereocenters. The molecule has 1 aliphatic rings. The Labute approximate surface area is 99.2 Å². The van der Waals surface area contributed by atoms with Crippen LogP contribution in [0.5, 0.6) is 0 Å². The second kappa shape index (κ2) is 4.26. The number of hydrogen-bond acceptors (Lipinski definition) is 2. The highest BCUT2D eigenvalue weighted by Crippen LogP contribution is 2.41. The van der Waals surface area contributed by atoms with Gasteiger partial charge in [-0.2, -0.15) is 5.10 Å². The summed E-state index contributed by atoms with van der Waals surface area (Å²) in [4.78, 5) is 0. The van der Waals surface area contributed by atoms with Crippen LogP contribution in [0.3, 0.4) is 0 Å². The molecule has 0 bridgehead atoms. The normalized spacial score (nSPS) is 20.5. The van der Waals surface area contributed by atoms with Crippen molar-refractivity contribution in [1.82, 2.24) is 9.78 Å². The number of rotatable bonds is 2. The first-order chi connectivity index (χ1) is 7.19. The molecule has 1 aromatic rings. The van der Waals surface area contributed by atoms with Gasteiger partial charge in [-0.3, -0.25) is 4.68 Å². The van der Waals surface area contributed by atoms with Crippen LogP contribution >= 0.6 is 15.9 Å². The largest absolute Gasteiger partial charge is 0.330 e. The van der Waals surface area contributed by atoms with Crippen LogP contribution in [0.2, 0.25) is 0 Å². The minimum Gasteiger partial charge on any atom is -0.330 e. The van der Waals surface area contributed by atoms with E-state index in [0.29, 0.717) is 0 Å². The fourth-order valence-electron chi connectivity index (χ4n) is 2.59. The van der Waals surface area contributed by atoms with E-state index in [1.807, 2.05) is 17.9 Å². The van der Waals surface area contributed by atoms with E-state index in [4.69, 9.17) is 5.73 Å². The summed E-state index contributed by atoms with van der Waals surface area (Å²) < 4.78 is 2.97. The van der Waals surface area contributed by atoms with Gasteiger partial charge in [0.05, 0.1) is 6.20 Å². The lowest BCUT2D eigenvalue weighted by molar-refractivity contribution is 0.299. The monoisotopic (exact) mass is 271 g/mol. The molecule has 15 heavy (non-hydrogen) atoms. The standard InChI is InChI=1S/C11H18BrN3/c1-15-10(12)9(7-14-15)11(8-13)5-3-2-4-6-11/h7H,2-6,8,13H2,1H3. The van der Waals surface area contributed by atoms with Gasteiger partial charge in [0.1, 0.15) is 4.60 Å². The van der Waals surface area contributed by atoms with Gasteiger partial charge in [0, 0.05) is 24.6 Å². The molecule has 0 aliphatic heterocycles. The maximum atomic E-state index is 5.99. The minimum absolute atomic E-state index is 0.172. The predicted octanol–water partition coefficient (Wildman–Crippen LogP) is 2.34. The molecule has 2 rings (SSSR count). The van der Waals surface area contributed by atoms with Gasteiger partial charge in [-0.1, -0.05) is 19.3 Å². The summed E-state index contributed by atoms with van der Waals surface area (Å²) in [6, 6.07) is 0. The average Bonchev–Trinajstić information content (AvgIpc) is 2.61. The summed E-state index contributed by atoms with van der Waals surface area (Å²) >= 11 is 3.61. The fourth-order valence-corrected chi connectivity index (χ4v) is 3.20. The highest BCUT2D eigenvalue weighted by atomic mass is 79.9. The van der Waals surface area contributed by atoms with Gasteiger partial charge in [-0.05, 0) is 28.8 Å². The third kappa shape index (κ3) is 1.85. The zero-order valence-corrected chi connectivity index (χ0v) is 10.8. The molecule has 1 heterocycles. The SMILES string of the molecule is Cn1ncc(C2(CN)CCCCC2)c1Br. The Kier molecular flexibility index (Phi) is 3.16. The highest BCUT2D eigenvalue weighted by Gasteiger charge is 2.35. The highest BCUT2D eigenvalue weighted by molar-refractivity contribution is 9.10. The number of hydrogen-bond donors (Lipinski definition) is 1. The van der Waals surface area contributed by atoms with Gasteiger partial charge in [-0.25, -0.2) is 0 Å². The van der Waals surface area contributed by atoms with Gasteiger partial charge in [0.25, 0.3) is 0 Å². The molecule has 0 radical (unpaired) electrons. The van der Waals surface area contributed by atoms with Crippen molar-refractivity contribution in [2.24, 2.45) is 12.8 Å². The molecule has 0 amide bonds. The summed E-state index contributed by atoms with van der Waals surface area (Å²) in [6.07, 6.45) is 8.31. The molecule has 0 spiro atoms. The van der Waals surface area contributed by atoms with E-state index in [1.54, 1.807) is 0 Å². The van der Waals surface area contributed by atoms with Crippen molar-refractivity contribution in [2.45, 2.75) is 37.5 Å². The van der Waals surface area contributed by atoms with Crippen molar-refractivity contribution in [3.8, 4) is 0 Å². The van der Waals surface area contributed by atoms with Crippen LogP contribution in [-0.4, -0.2) is 16.3 Å². The van der Waals surface area contributed by atoms with Crippen molar-refractivity contribution in [3.05, 3.63) is 16.4 Å². The molecule has 1 fully saturated rings. The minimum atomic E-state index is 0.172. The molecule has 2 N–H and O–H groups in total. The third-order valence-corrected chi connectivity index (χ3v) is 4.58. The molecule has 1 aromatic heterocycles. The quantitative estimate of drug-likeness (QED) is 0.898. The summed E-state index contributed by atoms with van der Waals surface area (Å²) in [5.41, 5.74) is 7.46. The van der Waals surface area contributed by atoms with E-state index in [9.17, 15) is 0 Å². The first-order valence-electron chi connectivity index (χ1n) is 5.58. The molecule has 84 valence electrons. The van der Waals surface area contributed by atoms with Gasteiger partial charge >= 0.3 is 0 Å². The summed E-state index contributed by atoms with van der Waals surface area (Å²) in [5.74, 6) is 0. The van der Waals surface area contributed by atoms with E-state index in [-0.39, 0.29) is 5.41 Å². The summed E-state index contributed by atoms with van der Waals surface area (Å²) in [6.45, 7) is 0.733. The fraction of sp³-hybridized carbons (Fsp3) is 0.727. The molecule has 4 heteroatoms. The topological polar surface area (TPSA) is 43.8 Å². The molecule has 0 aromatic carbocycles. The maximum Gasteiger partial charge on any atom is 0.107 e. The Morgan fingerprint density at radius 1 is 1.47 bits per heavy atom. The molecule has 0 atom stereocenters. The molecular formula is C11H18BrN3. The van der Waals surface area contributed by atoms with Crippen molar-refractivity contribution in [2.75, 3.05) is 6.54 Å².